The van der Waals surface area contributed by atoms with E-state index in [0.29, 0.717) is 6.61 Å². The van der Waals surface area contributed by atoms with Gasteiger partial charge in [0.2, 0.25) is 0 Å². The van der Waals surface area contributed by atoms with E-state index in [0.717, 1.165) is 0 Å². The Kier molecular flexibility index (Phi) is 4.52. The molecule has 0 unspecified atom stereocenters. The van der Waals surface area contributed by atoms with Crippen LogP contribution >= 0.6 is 12.2 Å². The average Bonchev–Trinajstić information content (AvgIpc) is 1.86. The highest BCUT2D eigenvalue weighted by Crippen LogP contribution is 1.89. The lowest BCUT2D eigenvalue weighted by Gasteiger charge is -2.16. The van der Waals surface area contributed by atoms with E-state index in [2.05, 4.69) is 0 Å². The monoisotopic (exact) mass is 177 g/mol. The summed E-state index contributed by atoms with van der Waals surface area (Å²) in [6.07, 6.45) is 0. The predicted octanol–water partition coefficient (Wildman–Crippen LogP) is 0.324. The van der Waals surface area contributed by atoms with Crippen molar-refractivity contribution < 1.29 is 14.6 Å². The molecule has 0 aliphatic rings. The Labute approximate surface area is 70.8 Å². The second-order valence-electron chi connectivity index (χ2n) is 1.95. The van der Waals surface area contributed by atoms with Gasteiger partial charge in [-0.1, -0.05) is 0 Å². The Morgan fingerprint density at radius 2 is 2.27 bits per heavy atom. The molecule has 0 aliphatic heterocycles. The molecule has 64 valence electrons. The van der Waals surface area contributed by atoms with E-state index < -0.39 is 5.97 Å². The molecule has 0 spiro atoms. The lowest BCUT2D eigenvalue weighted by Crippen LogP contribution is -2.32. The second kappa shape index (κ2) is 4.90. The van der Waals surface area contributed by atoms with Gasteiger partial charge in [0.05, 0.1) is 6.61 Å². The molecule has 5 heteroatoms. The molecule has 11 heavy (non-hydrogen) atoms. The molecule has 0 saturated carbocycles. The first-order valence-corrected chi connectivity index (χ1v) is 3.58. The highest BCUT2D eigenvalue weighted by atomic mass is 32.1. The second-order valence-corrected chi connectivity index (χ2v) is 2.30. The van der Waals surface area contributed by atoms with Crippen molar-refractivity contribution in [3.8, 4) is 0 Å². The number of carbonyl (C=O) groups is 1. The topological polar surface area (TPSA) is 49.8 Å². The van der Waals surface area contributed by atoms with Gasteiger partial charge < -0.3 is 14.7 Å². The van der Waals surface area contributed by atoms with E-state index in [1.54, 1.807) is 14.0 Å². The van der Waals surface area contributed by atoms with Crippen LogP contribution in [0.4, 0.5) is 0 Å². The Morgan fingerprint density at radius 3 is 2.64 bits per heavy atom. The predicted molar refractivity (Wildman–Crippen MR) is 44.5 cm³/mol. The molecular formula is C6H11NO3S. The van der Waals surface area contributed by atoms with Gasteiger partial charge in [-0.15, -0.1) is 0 Å². The van der Waals surface area contributed by atoms with Crippen LogP contribution in [0.3, 0.4) is 0 Å². The zero-order chi connectivity index (χ0) is 8.85. The fraction of sp³-hybridized carbons (Fsp3) is 0.667. The van der Waals surface area contributed by atoms with Crippen LogP contribution in [0.2, 0.25) is 0 Å². The molecule has 0 saturated heterocycles. The molecule has 0 aliphatic carbocycles. The number of nitrogens with zero attached hydrogens (tertiary/aromatic N) is 1. The summed E-state index contributed by atoms with van der Waals surface area (Å²) in [5.74, 6) is -0.922. The number of aliphatic carboxylic acids is 1. The number of rotatable bonds is 3. The van der Waals surface area contributed by atoms with E-state index >= 15 is 0 Å². The highest BCUT2D eigenvalue weighted by Gasteiger charge is 2.07. The molecule has 0 fully saturated rings. The third-order valence-corrected chi connectivity index (χ3v) is 1.38. The van der Waals surface area contributed by atoms with Gasteiger partial charge >= 0.3 is 5.97 Å². The summed E-state index contributed by atoms with van der Waals surface area (Å²) < 4.78 is 4.90. The number of thiocarbonyl (C=S) groups is 1. The SMILES string of the molecule is CCOC(=S)N(C)CC(=O)O. The van der Waals surface area contributed by atoms with Crippen LogP contribution in [-0.4, -0.2) is 41.3 Å². The summed E-state index contributed by atoms with van der Waals surface area (Å²) in [6, 6.07) is 0. The standard InChI is InChI=1S/C6H11NO3S/c1-3-10-6(11)7(2)4-5(8)9/h3-4H2,1-2H3,(H,8,9). The van der Waals surface area contributed by atoms with Crippen LogP contribution in [0, 0.1) is 0 Å². The fourth-order valence-electron chi connectivity index (χ4n) is 0.501. The van der Waals surface area contributed by atoms with Crippen molar-refractivity contribution in [2.45, 2.75) is 6.92 Å². The summed E-state index contributed by atoms with van der Waals surface area (Å²) in [4.78, 5) is 11.5. The minimum Gasteiger partial charge on any atom is -0.480 e. The van der Waals surface area contributed by atoms with Crippen molar-refractivity contribution in [2.75, 3.05) is 20.2 Å². The van der Waals surface area contributed by atoms with Crippen molar-refractivity contribution in [2.24, 2.45) is 0 Å². The number of carboxylic acids is 1. The van der Waals surface area contributed by atoms with Gasteiger partial charge in [-0.2, -0.15) is 0 Å². The van der Waals surface area contributed by atoms with E-state index in [1.165, 1.54) is 4.90 Å². The largest absolute Gasteiger partial charge is 0.480 e. The molecule has 1 N–H and O–H groups in total. The average molecular weight is 177 g/mol. The molecule has 0 aromatic rings. The number of ether oxygens (including phenoxy) is 1. The Morgan fingerprint density at radius 1 is 1.73 bits per heavy atom. The number of carboxylic acid groups (broad SMARTS) is 1. The van der Waals surface area contributed by atoms with Crippen molar-refractivity contribution in [1.29, 1.82) is 0 Å². The van der Waals surface area contributed by atoms with Gasteiger partial charge in [-0.25, -0.2) is 0 Å². The highest BCUT2D eigenvalue weighted by molar-refractivity contribution is 7.80. The Hall–Kier alpha value is -0.840. The molecule has 0 heterocycles. The molecule has 4 nitrogen and oxygen atoms in total. The lowest BCUT2D eigenvalue weighted by molar-refractivity contribution is -0.137. The van der Waals surface area contributed by atoms with Crippen molar-refractivity contribution in [3.05, 3.63) is 0 Å². The summed E-state index contributed by atoms with van der Waals surface area (Å²) in [7, 11) is 1.58. The van der Waals surface area contributed by atoms with Gasteiger partial charge in [0.25, 0.3) is 5.17 Å². The van der Waals surface area contributed by atoms with Gasteiger partial charge in [0.15, 0.2) is 0 Å². The smallest absolute Gasteiger partial charge is 0.323 e. The molecule has 0 amide bonds. The van der Waals surface area contributed by atoms with Crippen LogP contribution in [0.1, 0.15) is 6.92 Å². The maximum atomic E-state index is 10.2. The Bertz CT molecular complexity index is 160. The van der Waals surface area contributed by atoms with Crippen LogP contribution < -0.4 is 0 Å². The molecule has 0 aromatic carbocycles. The summed E-state index contributed by atoms with van der Waals surface area (Å²) in [6.45, 7) is 2.13. The van der Waals surface area contributed by atoms with E-state index in [9.17, 15) is 4.79 Å². The van der Waals surface area contributed by atoms with Crippen LogP contribution in [0.15, 0.2) is 0 Å². The summed E-state index contributed by atoms with van der Waals surface area (Å²) in [5.41, 5.74) is 0. The zero-order valence-electron chi connectivity index (χ0n) is 6.53. The normalized spacial score (nSPS) is 8.91. The summed E-state index contributed by atoms with van der Waals surface area (Å²) >= 11 is 4.73. The number of hydrogen-bond donors (Lipinski definition) is 1. The van der Waals surface area contributed by atoms with E-state index in [-0.39, 0.29) is 11.7 Å². The maximum Gasteiger partial charge on any atom is 0.323 e. The quantitative estimate of drug-likeness (QED) is 0.629. The van der Waals surface area contributed by atoms with Gasteiger partial charge in [-0.05, 0) is 19.1 Å². The molecule has 0 aromatic heterocycles. The van der Waals surface area contributed by atoms with Crippen LogP contribution in [-0.2, 0) is 9.53 Å². The third kappa shape index (κ3) is 4.55. The minimum absolute atomic E-state index is 0.126. The zero-order valence-corrected chi connectivity index (χ0v) is 7.35. The van der Waals surface area contributed by atoms with E-state index in [1.807, 2.05) is 0 Å². The first kappa shape index (κ1) is 10.2. The Balaban J connectivity index is 3.73. The van der Waals surface area contributed by atoms with Crippen LogP contribution in [0.5, 0.6) is 0 Å². The minimum atomic E-state index is -0.922. The molecule has 0 radical (unpaired) electrons. The lowest BCUT2D eigenvalue weighted by atomic mass is 10.6. The first-order chi connectivity index (χ1) is 5.07. The van der Waals surface area contributed by atoms with Gasteiger partial charge in [0.1, 0.15) is 6.54 Å². The van der Waals surface area contributed by atoms with Crippen molar-refractivity contribution in [3.63, 3.8) is 0 Å². The first-order valence-electron chi connectivity index (χ1n) is 3.17. The molecule has 0 rings (SSSR count). The molecule has 0 bridgehead atoms. The van der Waals surface area contributed by atoms with Crippen LogP contribution in [0.25, 0.3) is 0 Å². The number of hydrogen-bond acceptors (Lipinski definition) is 3. The number of likely N-dealkylation sites (N-methyl/N-ethyl adjacent to an activating group) is 1. The maximum absolute atomic E-state index is 10.2. The fourth-order valence-corrected chi connectivity index (χ4v) is 0.684. The summed E-state index contributed by atoms with van der Waals surface area (Å²) in [5, 5.41) is 8.56. The van der Waals surface area contributed by atoms with Gasteiger partial charge in [-0.3, -0.25) is 4.79 Å². The molecular weight excluding hydrogens is 166 g/mol. The molecule has 0 atom stereocenters. The van der Waals surface area contributed by atoms with E-state index in [4.69, 9.17) is 22.1 Å². The van der Waals surface area contributed by atoms with Crippen molar-refractivity contribution in [1.82, 2.24) is 4.90 Å². The van der Waals surface area contributed by atoms with Crippen molar-refractivity contribution >= 4 is 23.4 Å². The third-order valence-electron chi connectivity index (χ3n) is 0.952. The van der Waals surface area contributed by atoms with Gasteiger partial charge in [0, 0.05) is 7.05 Å².